The minimum Gasteiger partial charge on any atom is -0.456 e. The van der Waals surface area contributed by atoms with E-state index in [0.717, 1.165) is 28.4 Å². The van der Waals surface area contributed by atoms with Crippen LogP contribution < -0.4 is 26.0 Å². The molecule has 60 heavy (non-hydrogen) atoms. The van der Waals surface area contributed by atoms with E-state index in [-0.39, 0.29) is 6.71 Å². The third-order valence-electron chi connectivity index (χ3n) is 13.0. The standard InChI is InChI=1S/C57H50BNO/c1-33-25-36(4)55(37(5)26-33)58(56-38(6)27-34(2)28-39(56)7)51-24-23-49-48-22-20-45(32-53(48)60-52-16-12-15-50(51)54(49)52)59(57-40(8)29-35(3)30-41(57)9)44-19-21-47-43(31-44)18-17-42-13-10-11-14-46(42)47/h10-32H,1-9H3. The van der Waals surface area contributed by atoms with Crippen LogP contribution in [-0.4, -0.2) is 6.71 Å². The van der Waals surface area contributed by atoms with Gasteiger partial charge in [0.25, 0.3) is 0 Å². The van der Waals surface area contributed by atoms with Crippen LogP contribution in [0.1, 0.15) is 50.1 Å². The number of nitrogens with zero attached hydrogens (tertiary/aromatic N) is 1. The lowest BCUT2D eigenvalue weighted by Gasteiger charge is -2.31. The molecule has 0 amide bonds. The molecule has 0 bridgehead atoms. The Hall–Kier alpha value is -6.58. The first-order valence-corrected chi connectivity index (χ1v) is 21.3. The van der Waals surface area contributed by atoms with Crippen LogP contribution in [0.25, 0.3) is 43.4 Å². The van der Waals surface area contributed by atoms with Gasteiger partial charge in [0.05, 0.1) is 5.69 Å². The molecular weight excluding hydrogens is 725 g/mol. The highest BCUT2D eigenvalue weighted by molar-refractivity contribution is 6.98. The van der Waals surface area contributed by atoms with Gasteiger partial charge in [-0.25, -0.2) is 0 Å². The summed E-state index contributed by atoms with van der Waals surface area (Å²) in [6, 6.07) is 52.2. The molecule has 1 aliphatic heterocycles. The van der Waals surface area contributed by atoms with Crippen LogP contribution in [-0.2, 0) is 0 Å². The summed E-state index contributed by atoms with van der Waals surface area (Å²) < 4.78 is 7.06. The maximum absolute atomic E-state index is 7.06. The predicted molar refractivity (Wildman–Crippen MR) is 259 cm³/mol. The highest BCUT2D eigenvalue weighted by atomic mass is 16.5. The van der Waals surface area contributed by atoms with Crippen LogP contribution in [0.5, 0.6) is 11.5 Å². The zero-order valence-electron chi connectivity index (χ0n) is 36.2. The molecule has 9 aromatic carbocycles. The number of ether oxygens (including phenoxy) is 1. The average Bonchev–Trinajstić information content (AvgIpc) is 3.20. The lowest BCUT2D eigenvalue weighted by Crippen LogP contribution is -2.56. The summed E-state index contributed by atoms with van der Waals surface area (Å²) >= 11 is 0. The Labute approximate surface area is 355 Å². The molecule has 2 nitrogen and oxygen atoms in total. The summed E-state index contributed by atoms with van der Waals surface area (Å²) in [7, 11) is 0. The fourth-order valence-electron chi connectivity index (χ4n) is 10.9. The molecule has 10 rings (SSSR count). The molecular formula is C57H50BNO. The Kier molecular flexibility index (Phi) is 8.99. The Bertz CT molecular complexity index is 3120. The largest absolute Gasteiger partial charge is 0.456 e. The second-order valence-electron chi connectivity index (χ2n) is 17.5. The van der Waals surface area contributed by atoms with E-state index in [1.54, 1.807) is 0 Å². The third-order valence-corrected chi connectivity index (χ3v) is 13.0. The van der Waals surface area contributed by atoms with Gasteiger partial charge in [-0.05, 0) is 136 Å². The maximum atomic E-state index is 7.06. The second-order valence-corrected chi connectivity index (χ2v) is 17.5. The molecule has 0 radical (unpaired) electrons. The highest BCUT2D eigenvalue weighted by Gasteiger charge is 2.32. The highest BCUT2D eigenvalue weighted by Crippen LogP contribution is 2.49. The Morgan fingerprint density at radius 1 is 0.400 bits per heavy atom. The molecule has 0 fully saturated rings. The third kappa shape index (κ3) is 6.10. The molecule has 0 spiro atoms. The molecule has 292 valence electrons. The number of rotatable bonds is 6. The smallest absolute Gasteiger partial charge is 0.243 e. The summed E-state index contributed by atoms with van der Waals surface area (Å²) in [5.41, 5.74) is 21.4. The maximum Gasteiger partial charge on any atom is 0.243 e. The van der Waals surface area contributed by atoms with Crippen molar-refractivity contribution in [2.24, 2.45) is 0 Å². The van der Waals surface area contributed by atoms with Gasteiger partial charge >= 0.3 is 0 Å². The van der Waals surface area contributed by atoms with Gasteiger partial charge in [0.1, 0.15) is 11.5 Å². The number of anilines is 3. The van der Waals surface area contributed by atoms with E-state index < -0.39 is 0 Å². The molecule has 1 heterocycles. The van der Waals surface area contributed by atoms with Gasteiger partial charge in [0.15, 0.2) is 0 Å². The van der Waals surface area contributed by atoms with Crippen molar-refractivity contribution in [1.29, 1.82) is 0 Å². The van der Waals surface area contributed by atoms with Crippen molar-refractivity contribution in [2.75, 3.05) is 4.90 Å². The van der Waals surface area contributed by atoms with Gasteiger partial charge in [0.2, 0.25) is 6.71 Å². The zero-order chi connectivity index (χ0) is 41.6. The molecule has 9 aromatic rings. The van der Waals surface area contributed by atoms with Crippen LogP contribution >= 0.6 is 0 Å². The number of fused-ring (bicyclic) bond motifs is 5. The van der Waals surface area contributed by atoms with Crippen molar-refractivity contribution in [1.82, 2.24) is 0 Å². The number of benzene rings is 9. The first kappa shape index (κ1) is 37.7. The average molecular weight is 776 g/mol. The summed E-state index contributed by atoms with van der Waals surface area (Å²) in [4.78, 5) is 2.42. The normalized spacial score (nSPS) is 11.9. The molecule has 0 atom stereocenters. The first-order chi connectivity index (χ1) is 28.9. The quantitative estimate of drug-likeness (QED) is 0.123. The Morgan fingerprint density at radius 3 is 1.60 bits per heavy atom. The van der Waals surface area contributed by atoms with Crippen molar-refractivity contribution >= 4 is 72.5 Å². The SMILES string of the molecule is Cc1cc(C)c(B(c2c(C)cc(C)cc2C)c2ccc3c4c(cccc24)Oc2cc(N(c4ccc5c(ccc6ccccc65)c4)c4c(C)cc(C)cc4C)ccc2-3)c(C)c1. The van der Waals surface area contributed by atoms with Gasteiger partial charge in [-0.1, -0.05) is 158 Å². The van der Waals surface area contributed by atoms with Crippen molar-refractivity contribution in [3.8, 4) is 22.6 Å². The molecule has 0 N–H and O–H groups in total. The fourth-order valence-corrected chi connectivity index (χ4v) is 10.9. The van der Waals surface area contributed by atoms with E-state index in [1.807, 2.05) is 0 Å². The van der Waals surface area contributed by atoms with E-state index >= 15 is 0 Å². The van der Waals surface area contributed by atoms with Crippen LogP contribution in [0.4, 0.5) is 17.1 Å². The van der Waals surface area contributed by atoms with E-state index in [0.29, 0.717) is 0 Å². The summed E-state index contributed by atoms with van der Waals surface area (Å²) in [5.74, 6) is 1.76. The van der Waals surface area contributed by atoms with E-state index in [1.165, 1.54) is 110 Å². The lowest BCUT2D eigenvalue weighted by atomic mass is 9.33. The molecule has 1 aliphatic rings. The monoisotopic (exact) mass is 775 g/mol. The van der Waals surface area contributed by atoms with Gasteiger partial charge in [-0.2, -0.15) is 0 Å². The van der Waals surface area contributed by atoms with Crippen molar-refractivity contribution < 1.29 is 4.74 Å². The minimum atomic E-state index is 0.0637. The Morgan fingerprint density at radius 2 is 0.933 bits per heavy atom. The fraction of sp³-hybridized carbons (Fsp3) is 0.158. The van der Waals surface area contributed by atoms with Gasteiger partial charge in [-0.3, -0.25) is 0 Å². The summed E-state index contributed by atoms with van der Waals surface area (Å²) in [6.07, 6.45) is 0. The molecule has 0 aromatic heterocycles. The lowest BCUT2D eigenvalue weighted by molar-refractivity contribution is 0.487. The number of hydrogen-bond acceptors (Lipinski definition) is 2. The number of hydrogen-bond donors (Lipinski definition) is 0. The first-order valence-electron chi connectivity index (χ1n) is 21.3. The molecule has 3 heteroatoms. The topological polar surface area (TPSA) is 12.5 Å². The second kappa shape index (κ2) is 14.3. The van der Waals surface area contributed by atoms with Gasteiger partial charge in [0, 0.05) is 28.4 Å². The predicted octanol–water partition coefficient (Wildman–Crippen LogP) is 13.7. The minimum absolute atomic E-state index is 0.0637. The summed E-state index contributed by atoms with van der Waals surface area (Å²) in [5, 5.41) is 7.41. The zero-order valence-corrected chi connectivity index (χ0v) is 36.2. The van der Waals surface area contributed by atoms with Gasteiger partial charge in [-0.15, -0.1) is 0 Å². The summed E-state index contributed by atoms with van der Waals surface area (Å²) in [6.45, 7) is 20.2. The van der Waals surface area contributed by atoms with Crippen molar-refractivity contribution in [2.45, 2.75) is 62.3 Å². The molecule has 0 saturated heterocycles. The van der Waals surface area contributed by atoms with Crippen LogP contribution in [0, 0.1) is 62.3 Å². The molecule has 0 saturated carbocycles. The molecule has 0 unspecified atom stereocenters. The van der Waals surface area contributed by atoms with Gasteiger partial charge < -0.3 is 9.64 Å². The molecule has 0 aliphatic carbocycles. The van der Waals surface area contributed by atoms with Crippen LogP contribution in [0.15, 0.2) is 140 Å². The Balaban J connectivity index is 1.15. The number of aryl methyl sites for hydroxylation is 9. The van der Waals surface area contributed by atoms with Crippen molar-refractivity contribution in [3.63, 3.8) is 0 Å². The van der Waals surface area contributed by atoms with E-state index in [2.05, 4.69) is 207 Å². The van der Waals surface area contributed by atoms with Crippen LogP contribution in [0.2, 0.25) is 0 Å². The van der Waals surface area contributed by atoms with Crippen molar-refractivity contribution in [3.05, 3.63) is 190 Å². The van der Waals surface area contributed by atoms with Crippen LogP contribution in [0.3, 0.4) is 0 Å². The van der Waals surface area contributed by atoms with E-state index in [4.69, 9.17) is 4.74 Å². The van der Waals surface area contributed by atoms with E-state index in [9.17, 15) is 0 Å².